The lowest BCUT2D eigenvalue weighted by atomic mass is 10.1. The number of nitrogens with one attached hydrogen (secondary N) is 1. The summed E-state index contributed by atoms with van der Waals surface area (Å²) in [5, 5.41) is 2.17. The van der Waals surface area contributed by atoms with Gasteiger partial charge in [0.05, 0.1) is 26.7 Å². The molecule has 0 atom stereocenters. The van der Waals surface area contributed by atoms with E-state index in [1.54, 1.807) is 0 Å². The Hall–Kier alpha value is -1.80. The molecule has 9 heteroatoms. The SMILES string of the molecule is O=C(Nc1cccc(Cl)c1SC(F)F)c1ccccc1C(F)(F)F. The summed E-state index contributed by atoms with van der Waals surface area (Å²) in [5.41, 5.74) is -1.82. The summed E-state index contributed by atoms with van der Waals surface area (Å²) in [6, 6.07) is 8.21. The molecule has 0 spiro atoms. The fourth-order valence-corrected chi connectivity index (χ4v) is 2.85. The van der Waals surface area contributed by atoms with Gasteiger partial charge >= 0.3 is 6.18 Å². The first-order chi connectivity index (χ1) is 11.2. The monoisotopic (exact) mass is 381 g/mol. The highest BCUT2D eigenvalue weighted by atomic mass is 35.5. The number of halogens is 6. The molecule has 2 aromatic rings. The Balaban J connectivity index is 2.37. The maximum atomic E-state index is 13.0. The number of benzene rings is 2. The highest BCUT2D eigenvalue weighted by molar-refractivity contribution is 7.99. The third-order valence-electron chi connectivity index (χ3n) is 2.90. The quantitative estimate of drug-likeness (QED) is 0.525. The third-order valence-corrected chi connectivity index (χ3v) is 4.18. The summed E-state index contributed by atoms with van der Waals surface area (Å²) >= 11 is 5.92. The predicted molar refractivity (Wildman–Crippen MR) is 82.7 cm³/mol. The van der Waals surface area contributed by atoms with Crippen molar-refractivity contribution in [2.75, 3.05) is 5.32 Å². The first kappa shape index (κ1) is 18.5. The standard InChI is InChI=1S/C15H9ClF5NOS/c16-10-6-3-7-11(12(10)24-14(17)18)22-13(23)8-4-1-2-5-9(8)15(19,20)21/h1-7,14H,(H,22,23). The van der Waals surface area contributed by atoms with Gasteiger partial charge in [0.15, 0.2) is 0 Å². The molecule has 0 bridgehead atoms. The van der Waals surface area contributed by atoms with Gasteiger partial charge in [-0.1, -0.05) is 41.6 Å². The van der Waals surface area contributed by atoms with Crippen LogP contribution in [-0.4, -0.2) is 11.7 Å². The molecule has 128 valence electrons. The number of carbonyl (C=O) groups excluding carboxylic acids is 1. The van der Waals surface area contributed by atoms with Crippen LogP contribution in [-0.2, 0) is 6.18 Å². The summed E-state index contributed by atoms with van der Waals surface area (Å²) in [4.78, 5) is 12.1. The molecule has 24 heavy (non-hydrogen) atoms. The van der Waals surface area contributed by atoms with Crippen molar-refractivity contribution in [1.82, 2.24) is 0 Å². The van der Waals surface area contributed by atoms with Crippen LogP contribution in [0.15, 0.2) is 47.4 Å². The van der Waals surface area contributed by atoms with E-state index in [1.165, 1.54) is 24.3 Å². The maximum absolute atomic E-state index is 13.0. The predicted octanol–water partition coefficient (Wildman–Crippen LogP) is 5.93. The molecule has 2 aromatic carbocycles. The molecule has 2 nitrogen and oxygen atoms in total. The lowest BCUT2D eigenvalue weighted by molar-refractivity contribution is -0.137. The van der Waals surface area contributed by atoms with E-state index in [9.17, 15) is 26.7 Å². The number of carbonyl (C=O) groups is 1. The van der Waals surface area contributed by atoms with Crippen LogP contribution in [0.2, 0.25) is 5.02 Å². The molecule has 0 unspecified atom stereocenters. The van der Waals surface area contributed by atoms with Crippen molar-refractivity contribution in [1.29, 1.82) is 0 Å². The molecule has 0 radical (unpaired) electrons. The Morgan fingerprint density at radius 1 is 1.08 bits per heavy atom. The lowest BCUT2D eigenvalue weighted by Crippen LogP contribution is -2.19. The Morgan fingerprint density at radius 3 is 2.38 bits per heavy atom. The molecular formula is C15H9ClF5NOS. The van der Waals surface area contributed by atoms with E-state index in [4.69, 9.17) is 11.6 Å². The Kier molecular flexibility index (Phi) is 5.71. The molecule has 0 saturated heterocycles. The van der Waals surface area contributed by atoms with Crippen molar-refractivity contribution < 1.29 is 26.7 Å². The number of amides is 1. The van der Waals surface area contributed by atoms with Crippen molar-refractivity contribution in [2.24, 2.45) is 0 Å². The van der Waals surface area contributed by atoms with Crippen LogP contribution in [0.1, 0.15) is 15.9 Å². The molecule has 0 saturated carbocycles. The van der Waals surface area contributed by atoms with E-state index in [2.05, 4.69) is 5.32 Å². The molecule has 0 aliphatic heterocycles. The molecule has 1 N–H and O–H groups in total. The van der Waals surface area contributed by atoms with Crippen molar-refractivity contribution >= 4 is 35.0 Å². The average molecular weight is 382 g/mol. The smallest absolute Gasteiger partial charge is 0.321 e. The Labute approximate surface area is 143 Å². The number of anilines is 1. The second kappa shape index (κ2) is 7.40. The van der Waals surface area contributed by atoms with E-state index in [1.807, 2.05) is 0 Å². The fourth-order valence-electron chi connectivity index (χ4n) is 1.93. The van der Waals surface area contributed by atoms with E-state index in [-0.39, 0.29) is 27.4 Å². The van der Waals surface area contributed by atoms with Crippen LogP contribution in [0.5, 0.6) is 0 Å². The van der Waals surface area contributed by atoms with Crippen LogP contribution in [0.25, 0.3) is 0 Å². The van der Waals surface area contributed by atoms with Crippen molar-refractivity contribution in [2.45, 2.75) is 16.8 Å². The minimum atomic E-state index is -4.72. The van der Waals surface area contributed by atoms with Gasteiger partial charge < -0.3 is 5.32 Å². The van der Waals surface area contributed by atoms with Crippen LogP contribution in [0.4, 0.5) is 27.6 Å². The van der Waals surface area contributed by atoms with Gasteiger partial charge in [0.2, 0.25) is 0 Å². The van der Waals surface area contributed by atoms with Crippen molar-refractivity contribution in [3.05, 3.63) is 58.6 Å². The zero-order valence-electron chi connectivity index (χ0n) is 11.7. The van der Waals surface area contributed by atoms with Gasteiger partial charge in [0.25, 0.3) is 11.7 Å². The Bertz CT molecular complexity index is 751. The zero-order valence-corrected chi connectivity index (χ0v) is 13.3. The number of hydrogen-bond acceptors (Lipinski definition) is 2. The van der Waals surface area contributed by atoms with Gasteiger partial charge in [0.1, 0.15) is 0 Å². The van der Waals surface area contributed by atoms with Crippen molar-refractivity contribution in [3.8, 4) is 0 Å². The minimum absolute atomic E-state index is 0.0396. The average Bonchev–Trinajstić information content (AvgIpc) is 2.49. The number of rotatable bonds is 4. The highest BCUT2D eigenvalue weighted by Gasteiger charge is 2.35. The normalized spacial score (nSPS) is 11.6. The first-order valence-electron chi connectivity index (χ1n) is 6.41. The molecule has 0 aliphatic carbocycles. The number of thioether (sulfide) groups is 1. The summed E-state index contributed by atoms with van der Waals surface area (Å²) < 4.78 is 64.1. The van der Waals surface area contributed by atoms with E-state index in [0.29, 0.717) is 0 Å². The molecule has 1 amide bonds. The van der Waals surface area contributed by atoms with Crippen LogP contribution < -0.4 is 5.32 Å². The summed E-state index contributed by atoms with van der Waals surface area (Å²) in [6.07, 6.45) is -4.72. The van der Waals surface area contributed by atoms with E-state index in [0.717, 1.165) is 18.2 Å². The van der Waals surface area contributed by atoms with Crippen molar-refractivity contribution in [3.63, 3.8) is 0 Å². The van der Waals surface area contributed by atoms with E-state index < -0.39 is 29.0 Å². The molecular weight excluding hydrogens is 373 g/mol. The second-order valence-electron chi connectivity index (χ2n) is 4.49. The Morgan fingerprint density at radius 2 is 1.75 bits per heavy atom. The van der Waals surface area contributed by atoms with Crippen LogP contribution in [0, 0.1) is 0 Å². The highest BCUT2D eigenvalue weighted by Crippen LogP contribution is 2.38. The second-order valence-corrected chi connectivity index (χ2v) is 5.90. The van der Waals surface area contributed by atoms with Gasteiger partial charge in [-0.2, -0.15) is 22.0 Å². The van der Waals surface area contributed by atoms with Crippen LogP contribution in [0.3, 0.4) is 0 Å². The molecule has 0 aromatic heterocycles. The minimum Gasteiger partial charge on any atom is -0.321 e. The molecule has 0 aliphatic rings. The van der Waals surface area contributed by atoms with Gasteiger partial charge in [0, 0.05) is 0 Å². The zero-order chi connectivity index (χ0) is 17.9. The fraction of sp³-hybridized carbons (Fsp3) is 0.133. The summed E-state index contributed by atoms with van der Waals surface area (Å²) in [7, 11) is 0. The van der Waals surface area contributed by atoms with Gasteiger partial charge in [-0.15, -0.1) is 0 Å². The van der Waals surface area contributed by atoms with Gasteiger partial charge in [-0.05, 0) is 24.3 Å². The van der Waals surface area contributed by atoms with Gasteiger partial charge in [-0.3, -0.25) is 4.79 Å². The maximum Gasteiger partial charge on any atom is 0.417 e. The van der Waals surface area contributed by atoms with E-state index >= 15 is 0 Å². The largest absolute Gasteiger partial charge is 0.417 e. The summed E-state index contributed by atoms with van der Waals surface area (Å²) in [5.74, 6) is -3.87. The third kappa shape index (κ3) is 4.39. The van der Waals surface area contributed by atoms with Gasteiger partial charge in [-0.25, -0.2) is 0 Å². The molecule has 0 fully saturated rings. The van der Waals surface area contributed by atoms with Crippen LogP contribution >= 0.6 is 23.4 Å². The lowest BCUT2D eigenvalue weighted by Gasteiger charge is -2.15. The topological polar surface area (TPSA) is 29.1 Å². The molecule has 0 heterocycles. The summed E-state index contributed by atoms with van der Waals surface area (Å²) in [6.45, 7) is 0. The first-order valence-corrected chi connectivity index (χ1v) is 7.67. The number of alkyl halides is 5. The number of hydrogen-bond donors (Lipinski definition) is 1. The molecule has 2 rings (SSSR count).